The Morgan fingerprint density at radius 2 is 1.91 bits per heavy atom. The van der Waals surface area contributed by atoms with Crippen molar-refractivity contribution in [1.29, 1.82) is 0 Å². The maximum absolute atomic E-state index is 13.2. The van der Waals surface area contributed by atoms with Crippen molar-refractivity contribution in [2.75, 3.05) is 51.3 Å². The monoisotopic (exact) mass is 441 g/mol. The Kier molecular flexibility index (Phi) is 8.30. The number of carbonyl (C=O) groups excluding carboxylic acids is 1. The maximum atomic E-state index is 13.2. The lowest BCUT2D eigenvalue weighted by Crippen LogP contribution is -2.52. The molecule has 1 heterocycles. The van der Waals surface area contributed by atoms with Gasteiger partial charge in [-0.05, 0) is 43.2 Å². The number of amides is 1. The van der Waals surface area contributed by atoms with Gasteiger partial charge in [-0.3, -0.25) is 9.79 Å². The summed E-state index contributed by atoms with van der Waals surface area (Å²) in [5.74, 6) is 0.468. The first-order valence-electron chi connectivity index (χ1n) is 11.0. The third kappa shape index (κ3) is 6.35. The van der Waals surface area contributed by atoms with Gasteiger partial charge in [-0.15, -0.1) is 0 Å². The molecule has 7 nitrogen and oxygen atoms in total. The molecular formula is C24H32FN5O2. The molecule has 8 heteroatoms. The second-order valence-corrected chi connectivity index (χ2v) is 7.80. The molecule has 172 valence electrons. The Labute approximate surface area is 189 Å². The van der Waals surface area contributed by atoms with Crippen LogP contribution in [0.5, 0.6) is 5.75 Å². The molecule has 1 saturated heterocycles. The molecule has 0 saturated carbocycles. The second kappa shape index (κ2) is 11.4. The van der Waals surface area contributed by atoms with Gasteiger partial charge in [-0.25, -0.2) is 4.39 Å². The number of piperazine rings is 1. The molecule has 0 aliphatic carbocycles. The first kappa shape index (κ1) is 23.4. The lowest BCUT2D eigenvalue weighted by molar-refractivity contribution is -0.121. The van der Waals surface area contributed by atoms with Crippen molar-refractivity contribution in [3.05, 3.63) is 59.9 Å². The SMILES string of the molecule is CCNC(=NCC(Cc1ccc(F)cc1)C(N)=O)N1CCN(c2cccc(OC)c2)CC1. The largest absolute Gasteiger partial charge is 0.497 e. The lowest BCUT2D eigenvalue weighted by Gasteiger charge is -2.38. The fourth-order valence-corrected chi connectivity index (χ4v) is 3.77. The normalized spacial score (nSPS) is 15.4. The quantitative estimate of drug-likeness (QED) is 0.485. The van der Waals surface area contributed by atoms with Gasteiger partial charge < -0.3 is 25.6 Å². The van der Waals surface area contributed by atoms with Gasteiger partial charge in [0.1, 0.15) is 11.6 Å². The Bertz CT molecular complexity index is 911. The van der Waals surface area contributed by atoms with Crippen molar-refractivity contribution in [1.82, 2.24) is 10.2 Å². The smallest absolute Gasteiger partial charge is 0.222 e. The van der Waals surface area contributed by atoms with Gasteiger partial charge in [0.25, 0.3) is 0 Å². The molecule has 0 bridgehead atoms. The number of guanidine groups is 1. The number of primary amides is 1. The molecule has 32 heavy (non-hydrogen) atoms. The summed E-state index contributed by atoms with van der Waals surface area (Å²) in [6.07, 6.45) is 0.433. The average molecular weight is 442 g/mol. The number of aliphatic imine (C=N–C) groups is 1. The van der Waals surface area contributed by atoms with E-state index in [1.807, 2.05) is 25.1 Å². The molecule has 1 aliphatic heterocycles. The summed E-state index contributed by atoms with van der Waals surface area (Å²) in [5, 5.41) is 3.33. The molecule has 1 amide bonds. The molecule has 3 N–H and O–H groups in total. The van der Waals surface area contributed by atoms with Crippen LogP contribution in [0.1, 0.15) is 12.5 Å². The molecule has 2 aromatic rings. The number of nitrogens with one attached hydrogen (secondary N) is 1. The summed E-state index contributed by atoms with van der Waals surface area (Å²) in [6.45, 7) is 6.36. The van der Waals surface area contributed by atoms with E-state index in [0.29, 0.717) is 6.42 Å². The highest BCUT2D eigenvalue weighted by atomic mass is 19.1. The number of nitrogens with two attached hydrogens (primary N) is 1. The van der Waals surface area contributed by atoms with E-state index in [2.05, 4.69) is 21.2 Å². The van der Waals surface area contributed by atoms with Crippen LogP contribution in [0.3, 0.4) is 0 Å². The van der Waals surface area contributed by atoms with Gasteiger partial charge in [0, 0.05) is 44.5 Å². The van der Waals surface area contributed by atoms with Crippen LogP contribution in [0.2, 0.25) is 0 Å². The van der Waals surface area contributed by atoms with E-state index in [1.54, 1.807) is 19.2 Å². The zero-order valence-corrected chi connectivity index (χ0v) is 18.8. The van der Waals surface area contributed by atoms with Gasteiger partial charge in [0.05, 0.1) is 19.6 Å². The predicted molar refractivity (Wildman–Crippen MR) is 126 cm³/mol. The summed E-state index contributed by atoms with van der Waals surface area (Å²) >= 11 is 0. The zero-order chi connectivity index (χ0) is 22.9. The van der Waals surface area contributed by atoms with Gasteiger partial charge in [-0.2, -0.15) is 0 Å². The summed E-state index contributed by atoms with van der Waals surface area (Å²) in [7, 11) is 1.67. The average Bonchev–Trinajstić information content (AvgIpc) is 2.82. The summed E-state index contributed by atoms with van der Waals surface area (Å²) in [4.78, 5) is 21.2. The van der Waals surface area contributed by atoms with Crippen molar-refractivity contribution >= 4 is 17.6 Å². The molecule has 0 radical (unpaired) electrons. The van der Waals surface area contributed by atoms with E-state index in [0.717, 1.165) is 55.7 Å². The third-order valence-electron chi connectivity index (χ3n) is 5.59. The molecule has 3 rings (SSSR count). The highest BCUT2D eigenvalue weighted by molar-refractivity contribution is 5.81. The minimum Gasteiger partial charge on any atom is -0.497 e. The highest BCUT2D eigenvalue weighted by Crippen LogP contribution is 2.22. The number of benzene rings is 2. The Balaban J connectivity index is 1.63. The van der Waals surface area contributed by atoms with Crippen molar-refractivity contribution in [3.63, 3.8) is 0 Å². The Morgan fingerprint density at radius 1 is 1.19 bits per heavy atom. The minimum absolute atomic E-state index is 0.283. The van der Waals surface area contributed by atoms with E-state index < -0.39 is 11.8 Å². The standard InChI is InChI=1S/C24H32FN5O2/c1-3-27-24(28-17-19(23(26)31)15-18-7-9-20(25)10-8-18)30-13-11-29(12-14-30)21-5-4-6-22(16-21)32-2/h4-10,16,19H,3,11-15,17H2,1-2H3,(H2,26,31)(H,27,28). The Hall–Kier alpha value is -3.29. The lowest BCUT2D eigenvalue weighted by atomic mass is 9.99. The predicted octanol–water partition coefficient (Wildman–Crippen LogP) is 2.27. The molecule has 2 aromatic carbocycles. The van der Waals surface area contributed by atoms with Crippen LogP contribution >= 0.6 is 0 Å². The maximum Gasteiger partial charge on any atom is 0.222 e. The van der Waals surface area contributed by atoms with Crippen LogP contribution in [-0.2, 0) is 11.2 Å². The molecule has 1 unspecified atom stereocenters. The molecule has 1 fully saturated rings. The van der Waals surface area contributed by atoms with Gasteiger partial charge in [0.15, 0.2) is 5.96 Å². The number of carbonyl (C=O) groups is 1. The number of hydrogen-bond acceptors (Lipinski definition) is 4. The van der Waals surface area contributed by atoms with Crippen LogP contribution in [0.15, 0.2) is 53.5 Å². The summed E-state index contributed by atoms with van der Waals surface area (Å²) in [5.41, 5.74) is 7.63. The van der Waals surface area contributed by atoms with Crippen LogP contribution < -0.4 is 20.7 Å². The van der Waals surface area contributed by atoms with Crippen LogP contribution in [-0.4, -0.2) is 63.1 Å². The number of nitrogens with zero attached hydrogens (tertiary/aromatic N) is 3. The second-order valence-electron chi connectivity index (χ2n) is 7.80. The number of halogens is 1. The number of hydrogen-bond donors (Lipinski definition) is 2. The first-order chi connectivity index (χ1) is 15.5. The molecule has 1 atom stereocenters. The fraction of sp³-hybridized carbons (Fsp3) is 0.417. The molecular weight excluding hydrogens is 409 g/mol. The van der Waals surface area contributed by atoms with Crippen LogP contribution in [0, 0.1) is 11.7 Å². The topological polar surface area (TPSA) is 83.2 Å². The van der Waals surface area contributed by atoms with E-state index in [9.17, 15) is 9.18 Å². The third-order valence-corrected chi connectivity index (χ3v) is 5.59. The number of anilines is 1. The Morgan fingerprint density at radius 3 is 2.53 bits per heavy atom. The van der Waals surface area contributed by atoms with Crippen LogP contribution in [0.25, 0.3) is 0 Å². The van der Waals surface area contributed by atoms with Crippen molar-refractivity contribution in [3.8, 4) is 5.75 Å². The number of rotatable bonds is 8. The number of ether oxygens (including phenoxy) is 1. The van der Waals surface area contributed by atoms with Crippen molar-refractivity contribution in [2.45, 2.75) is 13.3 Å². The summed E-state index contributed by atoms with van der Waals surface area (Å²) in [6, 6.07) is 14.2. The first-order valence-corrected chi connectivity index (χ1v) is 11.0. The van der Waals surface area contributed by atoms with E-state index in [-0.39, 0.29) is 12.4 Å². The van der Waals surface area contributed by atoms with Gasteiger partial charge in [0.2, 0.25) is 5.91 Å². The minimum atomic E-state index is -0.452. The zero-order valence-electron chi connectivity index (χ0n) is 18.8. The van der Waals surface area contributed by atoms with E-state index in [4.69, 9.17) is 15.5 Å². The van der Waals surface area contributed by atoms with Crippen molar-refractivity contribution in [2.24, 2.45) is 16.6 Å². The van der Waals surface area contributed by atoms with E-state index in [1.165, 1.54) is 12.1 Å². The van der Waals surface area contributed by atoms with Crippen molar-refractivity contribution < 1.29 is 13.9 Å². The summed E-state index contributed by atoms with van der Waals surface area (Å²) < 4.78 is 18.5. The number of methoxy groups -OCH3 is 1. The van der Waals surface area contributed by atoms with Crippen LogP contribution in [0.4, 0.5) is 10.1 Å². The van der Waals surface area contributed by atoms with E-state index >= 15 is 0 Å². The van der Waals surface area contributed by atoms with Gasteiger partial charge in [-0.1, -0.05) is 18.2 Å². The molecule has 0 aromatic heterocycles. The molecule has 0 spiro atoms. The highest BCUT2D eigenvalue weighted by Gasteiger charge is 2.22. The molecule has 1 aliphatic rings. The fourth-order valence-electron chi connectivity index (χ4n) is 3.77. The van der Waals surface area contributed by atoms with Gasteiger partial charge >= 0.3 is 0 Å².